The first-order chi connectivity index (χ1) is 14.6. The molecular formula is C21H18Br2F6O3. The predicted octanol–water partition coefficient (Wildman–Crippen LogP) is 6.26. The van der Waals surface area contributed by atoms with Gasteiger partial charge in [-0.15, -0.1) is 0 Å². The molecule has 0 aromatic heterocycles. The Morgan fingerprint density at radius 2 is 1.06 bits per heavy atom. The second-order valence-electron chi connectivity index (χ2n) is 6.72. The van der Waals surface area contributed by atoms with Crippen molar-refractivity contribution in [1.82, 2.24) is 0 Å². The zero-order valence-electron chi connectivity index (χ0n) is 16.5. The Morgan fingerprint density at radius 1 is 0.750 bits per heavy atom. The van der Waals surface area contributed by atoms with E-state index >= 15 is 0 Å². The number of benzene rings is 2. The summed E-state index contributed by atoms with van der Waals surface area (Å²) < 4.78 is 72.4. The normalized spacial score (nSPS) is 13.5. The zero-order chi connectivity index (χ0) is 24.7. The number of carbonyl (C=O) groups excluding carboxylic acids is 2. The summed E-state index contributed by atoms with van der Waals surface area (Å²) in [5, 5.41) is 8.97. The molecule has 1 N–H and O–H groups in total. The van der Waals surface area contributed by atoms with E-state index in [1.807, 2.05) is 6.92 Å². The van der Waals surface area contributed by atoms with E-state index in [4.69, 9.17) is 5.11 Å². The number of carbonyl (C=O) groups is 2. The molecule has 0 radical (unpaired) electrons. The Bertz CT molecular complexity index is 818. The van der Waals surface area contributed by atoms with Gasteiger partial charge in [0.25, 0.3) is 0 Å². The first-order valence-electron chi connectivity index (χ1n) is 8.95. The van der Waals surface area contributed by atoms with Gasteiger partial charge >= 0.3 is 12.4 Å². The van der Waals surface area contributed by atoms with Crippen LogP contribution in [0.15, 0.2) is 48.5 Å². The minimum atomic E-state index is -4.83. The van der Waals surface area contributed by atoms with E-state index in [-0.39, 0.29) is 18.6 Å². The van der Waals surface area contributed by atoms with Crippen molar-refractivity contribution in [3.05, 3.63) is 65.2 Å². The molecule has 0 amide bonds. The first-order valence-corrected chi connectivity index (χ1v) is 10.8. The van der Waals surface area contributed by atoms with E-state index in [0.717, 1.165) is 5.56 Å². The van der Waals surface area contributed by atoms with Crippen LogP contribution in [0, 0.1) is 6.92 Å². The van der Waals surface area contributed by atoms with Crippen LogP contribution in [0.2, 0.25) is 0 Å². The second-order valence-corrected chi connectivity index (χ2v) is 8.93. The number of phenols is 1. The highest BCUT2D eigenvalue weighted by molar-refractivity contribution is 9.10. The number of alkyl halides is 8. The molecule has 0 aliphatic heterocycles. The number of aryl methyl sites for hydroxylation is 1. The lowest BCUT2D eigenvalue weighted by Crippen LogP contribution is -2.32. The fraction of sp³-hybridized carbons (Fsp3) is 0.333. The van der Waals surface area contributed by atoms with E-state index in [1.165, 1.54) is 24.3 Å². The molecule has 11 heteroatoms. The summed E-state index contributed by atoms with van der Waals surface area (Å²) in [6.45, 7) is 1.89. The van der Waals surface area contributed by atoms with Crippen molar-refractivity contribution in [3.8, 4) is 5.75 Å². The molecule has 0 heterocycles. The molecule has 0 aliphatic rings. The molecule has 0 fully saturated rings. The molecule has 0 spiro atoms. The van der Waals surface area contributed by atoms with Crippen molar-refractivity contribution in [2.75, 3.05) is 0 Å². The lowest BCUT2D eigenvalue weighted by molar-refractivity contribution is -0.170. The van der Waals surface area contributed by atoms with E-state index in [1.54, 1.807) is 24.3 Å². The fourth-order valence-corrected chi connectivity index (χ4v) is 3.58. The molecule has 32 heavy (non-hydrogen) atoms. The van der Waals surface area contributed by atoms with Gasteiger partial charge in [0.1, 0.15) is 5.75 Å². The molecule has 176 valence electrons. The van der Waals surface area contributed by atoms with Gasteiger partial charge in [0, 0.05) is 0 Å². The van der Waals surface area contributed by atoms with Crippen LogP contribution in [0.1, 0.15) is 16.7 Å². The van der Waals surface area contributed by atoms with Crippen LogP contribution < -0.4 is 0 Å². The van der Waals surface area contributed by atoms with Crippen molar-refractivity contribution in [2.45, 2.75) is 41.8 Å². The van der Waals surface area contributed by atoms with E-state index in [0.29, 0.717) is 11.1 Å². The summed E-state index contributed by atoms with van der Waals surface area (Å²) in [6, 6.07) is 12.7. The number of halogens is 8. The lowest BCUT2D eigenvalue weighted by Gasteiger charge is -2.11. The van der Waals surface area contributed by atoms with Gasteiger partial charge < -0.3 is 5.11 Å². The molecular weight excluding hydrogens is 574 g/mol. The van der Waals surface area contributed by atoms with Crippen molar-refractivity contribution in [3.63, 3.8) is 0 Å². The van der Waals surface area contributed by atoms with Gasteiger partial charge in [-0.1, -0.05) is 73.8 Å². The van der Waals surface area contributed by atoms with Crippen LogP contribution in [0.5, 0.6) is 5.75 Å². The highest BCUT2D eigenvalue weighted by atomic mass is 79.9. The third-order valence-corrected chi connectivity index (χ3v) is 5.49. The highest BCUT2D eigenvalue weighted by Gasteiger charge is 2.43. The number of hydrogen-bond donors (Lipinski definition) is 1. The van der Waals surface area contributed by atoms with Gasteiger partial charge in [-0.05, 0) is 43.0 Å². The van der Waals surface area contributed by atoms with Gasteiger partial charge in [0.15, 0.2) is 0 Å². The molecule has 0 saturated heterocycles. The van der Waals surface area contributed by atoms with Gasteiger partial charge in [-0.2, -0.15) is 26.3 Å². The minimum Gasteiger partial charge on any atom is -0.508 e. The average molecular weight is 592 g/mol. The van der Waals surface area contributed by atoms with E-state index < -0.39 is 33.6 Å². The minimum absolute atomic E-state index is 0.0250. The SMILES string of the molecule is Cc1ccc(CC(Br)C(=O)C(F)(F)F)cc1.O=C(C(Br)Cc1ccc(O)cc1)C(F)(F)F. The molecule has 2 atom stereocenters. The average Bonchev–Trinajstić information content (AvgIpc) is 2.69. The monoisotopic (exact) mass is 590 g/mol. The zero-order valence-corrected chi connectivity index (χ0v) is 19.6. The number of Topliss-reactive ketones (excluding diaryl/α,β-unsaturated/α-hetero) is 2. The molecule has 2 aromatic carbocycles. The number of phenolic OH excluding ortho intramolecular Hbond substituents is 1. The summed E-state index contributed by atoms with van der Waals surface area (Å²) in [5.41, 5.74) is 2.26. The molecule has 2 aromatic rings. The Hall–Kier alpha value is -1.88. The Kier molecular flexibility index (Phi) is 10.4. The summed E-state index contributed by atoms with van der Waals surface area (Å²) in [7, 11) is 0. The van der Waals surface area contributed by atoms with Crippen molar-refractivity contribution in [1.29, 1.82) is 0 Å². The topological polar surface area (TPSA) is 54.4 Å². The van der Waals surface area contributed by atoms with Crippen LogP contribution >= 0.6 is 31.9 Å². The third kappa shape index (κ3) is 9.72. The molecule has 0 saturated carbocycles. The van der Waals surface area contributed by atoms with E-state index in [9.17, 15) is 35.9 Å². The van der Waals surface area contributed by atoms with Crippen LogP contribution in [-0.2, 0) is 22.4 Å². The first kappa shape index (κ1) is 28.2. The van der Waals surface area contributed by atoms with Crippen molar-refractivity contribution < 1.29 is 41.0 Å². The summed E-state index contributed by atoms with van der Waals surface area (Å²) in [4.78, 5) is 19.2. The maximum absolute atomic E-state index is 12.1. The summed E-state index contributed by atoms with van der Waals surface area (Å²) in [5.74, 6) is -3.52. The molecule has 0 bridgehead atoms. The maximum Gasteiger partial charge on any atom is 0.451 e. The lowest BCUT2D eigenvalue weighted by atomic mass is 10.1. The summed E-state index contributed by atoms with van der Waals surface area (Å²) in [6.07, 6.45) is -9.64. The molecule has 3 nitrogen and oxygen atoms in total. The maximum atomic E-state index is 12.1. The number of aromatic hydroxyl groups is 1. The predicted molar refractivity (Wildman–Crippen MR) is 114 cm³/mol. The fourth-order valence-electron chi connectivity index (χ4n) is 2.31. The smallest absolute Gasteiger partial charge is 0.451 e. The Labute approximate surface area is 197 Å². The number of hydrogen-bond acceptors (Lipinski definition) is 3. The van der Waals surface area contributed by atoms with Crippen molar-refractivity contribution >= 4 is 43.4 Å². The highest BCUT2D eigenvalue weighted by Crippen LogP contribution is 2.25. The molecule has 2 unspecified atom stereocenters. The van der Waals surface area contributed by atoms with Crippen LogP contribution in [-0.4, -0.2) is 38.7 Å². The van der Waals surface area contributed by atoms with Crippen LogP contribution in [0.4, 0.5) is 26.3 Å². The Morgan fingerprint density at radius 3 is 1.38 bits per heavy atom. The largest absolute Gasteiger partial charge is 0.508 e. The molecule has 2 rings (SSSR count). The van der Waals surface area contributed by atoms with Gasteiger partial charge in [0.05, 0.1) is 9.65 Å². The standard InChI is InChI=1S/C11H10BrF3O.C10H8BrF3O2/c1-7-2-4-8(5-3-7)6-9(12)10(16)11(13,14)15;11-8(9(16)10(12,13)14)5-6-1-3-7(15)4-2-6/h2-5,9H,6H2,1H3;1-4,8,15H,5H2. The summed E-state index contributed by atoms with van der Waals surface area (Å²) >= 11 is 5.47. The van der Waals surface area contributed by atoms with Crippen molar-refractivity contribution in [2.24, 2.45) is 0 Å². The number of ketones is 2. The van der Waals surface area contributed by atoms with Crippen LogP contribution in [0.3, 0.4) is 0 Å². The Balaban J connectivity index is 0.000000320. The number of rotatable bonds is 6. The molecule has 0 aliphatic carbocycles. The van der Waals surface area contributed by atoms with Gasteiger partial charge in [-0.25, -0.2) is 0 Å². The second kappa shape index (κ2) is 11.8. The van der Waals surface area contributed by atoms with Crippen LogP contribution in [0.25, 0.3) is 0 Å². The van der Waals surface area contributed by atoms with Gasteiger partial charge in [0.2, 0.25) is 11.6 Å². The van der Waals surface area contributed by atoms with Gasteiger partial charge in [-0.3, -0.25) is 9.59 Å². The third-order valence-electron chi connectivity index (χ3n) is 4.01. The quantitative estimate of drug-likeness (QED) is 0.319. The van der Waals surface area contributed by atoms with E-state index in [2.05, 4.69) is 31.9 Å².